The van der Waals surface area contributed by atoms with Gasteiger partial charge in [-0.1, -0.05) is 37.0 Å². The predicted octanol–water partition coefficient (Wildman–Crippen LogP) is 4.79. The predicted molar refractivity (Wildman–Crippen MR) is 97.1 cm³/mol. The molecule has 0 bridgehead atoms. The van der Waals surface area contributed by atoms with Crippen molar-refractivity contribution in [1.82, 2.24) is 4.98 Å². The zero-order valence-electron chi connectivity index (χ0n) is 12.1. The van der Waals surface area contributed by atoms with Crippen molar-refractivity contribution in [2.24, 2.45) is 0 Å². The smallest absolute Gasteiger partial charge is 0.128 e. The third kappa shape index (κ3) is 3.23. The molecule has 106 valence electrons. The number of hydrogen-bond donors (Lipinski definition) is 0. The molecule has 0 amide bonds. The zero-order valence-corrected chi connectivity index (χ0v) is 14.7. The largest absolute Gasteiger partial charge is 0.266 e. The van der Waals surface area contributed by atoms with Gasteiger partial charge in [-0.25, -0.2) is 0 Å². The molecule has 0 saturated heterocycles. The Hall–Kier alpha value is -1.49. The molecule has 0 unspecified atom stereocenters. The van der Waals surface area contributed by atoms with Gasteiger partial charge in [0.05, 0.1) is 0 Å². The van der Waals surface area contributed by atoms with E-state index in [0.29, 0.717) is 0 Å². The first kappa shape index (κ1) is 14.4. The number of pyridine rings is 1. The van der Waals surface area contributed by atoms with E-state index in [1.165, 1.54) is 20.6 Å². The fourth-order valence-electron chi connectivity index (χ4n) is 2.31. The molecule has 3 heterocycles. The van der Waals surface area contributed by atoms with Crippen LogP contribution in [0, 0.1) is 0 Å². The van der Waals surface area contributed by atoms with Gasteiger partial charge < -0.3 is 0 Å². The van der Waals surface area contributed by atoms with Crippen LogP contribution >= 0.6 is 22.7 Å². The first-order valence-corrected chi connectivity index (χ1v) is 11.7. The summed E-state index contributed by atoms with van der Waals surface area (Å²) in [5.74, 6) is 0. The quantitative estimate of drug-likeness (QED) is 0.628. The van der Waals surface area contributed by atoms with Gasteiger partial charge in [-0.3, -0.25) is 4.98 Å². The highest BCUT2D eigenvalue weighted by Gasteiger charge is 2.24. The van der Waals surface area contributed by atoms with Gasteiger partial charge in [-0.15, -0.1) is 22.7 Å². The van der Waals surface area contributed by atoms with Crippen molar-refractivity contribution in [3.05, 3.63) is 74.9 Å². The molecule has 21 heavy (non-hydrogen) atoms. The summed E-state index contributed by atoms with van der Waals surface area (Å²) in [5, 5.41) is 5.52. The van der Waals surface area contributed by atoms with Crippen molar-refractivity contribution in [3.8, 4) is 0 Å². The van der Waals surface area contributed by atoms with E-state index in [2.05, 4.69) is 70.9 Å². The van der Waals surface area contributed by atoms with E-state index in [1.54, 1.807) is 22.7 Å². The molecule has 3 rings (SSSR count). The van der Waals surface area contributed by atoms with E-state index in [-0.39, 0.29) is 0 Å². The average molecular weight is 328 g/mol. The summed E-state index contributed by atoms with van der Waals surface area (Å²) in [5.41, 5.74) is 3.84. The number of aromatic nitrogens is 1. The molecule has 3 aromatic heterocycles. The lowest BCUT2D eigenvalue weighted by molar-refractivity contribution is 1.37. The fourth-order valence-corrected chi connectivity index (χ4v) is 6.21. The second kappa shape index (κ2) is 6.09. The molecule has 1 nitrogen and oxygen atoms in total. The van der Waals surface area contributed by atoms with E-state index in [1.807, 2.05) is 12.3 Å². The third-order valence-corrected chi connectivity index (χ3v) is 7.84. The van der Waals surface area contributed by atoms with Gasteiger partial charge in [0.15, 0.2) is 0 Å². The van der Waals surface area contributed by atoms with Gasteiger partial charge in [0.1, 0.15) is 8.07 Å². The standard InChI is InChI=1S/C17H17NS2Si/c1-21(2,17-9-3-4-10-18-17)13-14(15-7-5-11-19-15)16-8-6-12-20-16/h3-13H,1-2H3. The van der Waals surface area contributed by atoms with Gasteiger partial charge in [-0.2, -0.15) is 0 Å². The van der Waals surface area contributed by atoms with Crippen molar-refractivity contribution in [1.29, 1.82) is 0 Å². The normalized spacial score (nSPS) is 11.3. The highest BCUT2D eigenvalue weighted by molar-refractivity contribution is 7.14. The first-order chi connectivity index (χ1) is 10.2. The Bertz CT molecular complexity index is 677. The van der Waals surface area contributed by atoms with Crippen molar-refractivity contribution in [3.63, 3.8) is 0 Å². The van der Waals surface area contributed by atoms with Gasteiger partial charge in [-0.05, 0) is 35.0 Å². The fraction of sp³-hybridized carbons (Fsp3) is 0.118. The van der Waals surface area contributed by atoms with Crippen LogP contribution in [0.1, 0.15) is 9.75 Å². The summed E-state index contributed by atoms with van der Waals surface area (Å²) in [6.07, 6.45) is 1.90. The summed E-state index contributed by atoms with van der Waals surface area (Å²) in [6, 6.07) is 14.9. The number of nitrogens with zero attached hydrogens (tertiary/aromatic N) is 1. The maximum atomic E-state index is 4.59. The van der Waals surface area contributed by atoms with Crippen LogP contribution in [0.15, 0.2) is 65.1 Å². The van der Waals surface area contributed by atoms with Crippen molar-refractivity contribution < 1.29 is 0 Å². The molecule has 0 aromatic carbocycles. The Morgan fingerprint density at radius 3 is 2.10 bits per heavy atom. The molecule has 0 aliphatic heterocycles. The molecular weight excluding hydrogens is 310 g/mol. The number of rotatable bonds is 4. The molecule has 0 aliphatic rings. The minimum atomic E-state index is -1.71. The summed E-state index contributed by atoms with van der Waals surface area (Å²) in [7, 11) is -1.71. The van der Waals surface area contributed by atoms with Gasteiger partial charge in [0, 0.05) is 26.8 Å². The number of hydrogen-bond acceptors (Lipinski definition) is 3. The van der Waals surface area contributed by atoms with Gasteiger partial charge >= 0.3 is 0 Å². The lowest BCUT2D eigenvalue weighted by Gasteiger charge is -2.19. The number of thiophene rings is 2. The molecule has 3 aromatic rings. The highest BCUT2D eigenvalue weighted by Crippen LogP contribution is 2.31. The zero-order chi connectivity index (χ0) is 14.7. The summed E-state index contributed by atoms with van der Waals surface area (Å²) >= 11 is 3.61. The van der Waals surface area contributed by atoms with Crippen molar-refractivity contribution in [2.45, 2.75) is 13.1 Å². The Labute approximate surface area is 134 Å². The van der Waals surface area contributed by atoms with E-state index >= 15 is 0 Å². The maximum Gasteiger partial charge on any atom is 0.128 e. The summed E-state index contributed by atoms with van der Waals surface area (Å²) in [4.78, 5) is 7.27. The Kier molecular flexibility index (Phi) is 4.19. The summed E-state index contributed by atoms with van der Waals surface area (Å²) < 4.78 is 0. The second-order valence-electron chi connectivity index (χ2n) is 5.45. The first-order valence-electron chi connectivity index (χ1n) is 6.89. The molecule has 0 atom stereocenters. The molecule has 0 fully saturated rings. The Morgan fingerprint density at radius 1 is 0.952 bits per heavy atom. The molecule has 0 saturated carbocycles. The second-order valence-corrected chi connectivity index (χ2v) is 11.6. The van der Waals surface area contributed by atoms with Crippen LogP contribution in [-0.2, 0) is 0 Å². The van der Waals surface area contributed by atoms with Crippen LogP contribution in [-0.4, -0.2) is 13.1 Å². The van der Waals surface area contributed by atoms with Crippen LogP contribution in [0.4, 0.5) is 0 Å². The maximum absolute atomic E-state index is 4.59. The lowest BCUT2D eigenvalue weighted by atomic mass is 10.2. The van der Waals surface area contributed by atoms with Crippen LogP contribution in [0.2, 0.25) is 13.1 Å². The van der Waals surface area contributed by atoms with Gasteiger partial charge in [0.2, 0.25) is 0 Å². The highest BCUT2D eigenvalue weighted by atomic mass is 32.1. The van der Waals surface area contributed by atoms with E-state index in [9.17, 15) is 0 Å². The Morgan fingerprint density at radius 2 is 1.62 bits per heavy atom. The monoisotopic (exact) mass is 327 g/mol. The molecule has 0 spiro atoms. The SMILES string of the molecule is C[Si](C)(C=C(c1cccs1)c1cccs1)c1ccccn1. The average Bonchev–Trinajstić information content (AvgIpc) is 3.19. The molecule has 0 N–H and O–H groups in total. The van der Waals surface area contributed by atoms with Crippen molar-refractivity contribution >= 4 is 41.6 Å². The molecular formula is C17H17NS2Si. The van der Waals surface area contributed by atoms with E-state index in [4.69, 9.17) is 0 Å². The minimum Gasteiger partial charge on any atom is -0.266 e. The van der Waals surface area contributed by atoms with Crippen LogP contribution < -0.4 is 5.32 Å². The minimum absolute atomic E-state index is 1.23. The van der Waals surface area contributed by atoms with Crippen LogP contribution in [0.3, 0.4) is 0 Å². The van der Waals surface area contributed by atoms with Crippen LogP contribution in [0.25, 0.3) is 5.57 Å². The molecule has 4 heteroatoms. The van der Waals surface area contributed by atoms with Crippen LogP contribution in [0.5, 0.6) is 0 Å². The molecule has 0 radical (unpaired) electrons. The van der Waals surface area contributed by atoms with Crippen molar-refractivity contribution in [2.75, 3.05) is 0 Å². The van der Waals surface area contributed by atoms with E-state index < -0.39 is 8.07 Å². The topological polar surface area (TPSA) is 12.9 Å². The Balaban J connectivity index is 2.08. The van der Waals surface area contributed by atoms with E-state index in [0.717, 1.165) is 0 Å². The third-order valence-electron chi connectivity index (χ3n) is 3.40. The lowest BCUT2D eigenvalue weighted by Crippen LogP contribution is -2.41. The van der Waals surface area contributed by atoms with Gasteiger partial charge in [0.25, 0.3) is 0 Å². The summed E-state index contributed by atoms with van der Waals surface area (Å²) in [6.45, 7) is 4.72. The molecule has 0 aliphatic carbocycles.